The van der Waals surface area contributed by atoms with E-state index in [9.17, 15) is 0 Å². The Kier molecular flexibility index (Phi) is 9.22. The van der Waals surface area contributed by atoms with Gasteiger partial charge in [0.2, 0.25) is 0 Å². The Labute approximate surface area is 174 Å². The Bertz CT molecular complexity index is 536. The summed E-state index contributed by atoms with van der Waals surface area (Å²) >= 11 is 12.9. The summed E-state index contributed by atoms with van der Waals surface area (Å²) in [5.74, 6) is 0. The van der Waals surface area contributed by atoms with E-state index in [1.807, 2.05) is 0 Å². The molecule has 2 aliphatic rings. The summed E-state index contributed by atoms with van der Waals surface area (Å²) in [5.41, 5.74) is 4.71. The van der Waals surface area contributed by atoms with E-state index >= 15 is 0 Å². The molecule has 2 N–H and O–H groups in total. The maximum atomic E-state index is 9.14. The molecule has 24 heavy (non-hydrogen) atoms. The van der Waals surface area contributed by atoms with Gasteiger partial charge in [0.1, 0.15) is 0 Å². The maximum absolute atomic E-state index is 9.14. The molecule has 0 aromatic carbocycles. The first-order valence-electron chi connectivity index (χ1n) is 8.32. The first-order chi connectivity index (χ1) is 10.9. The van der Waals surface area contributed by atoms with E-state index < -0.39 is 0 Å². The van der Waals surface area contributed by atoms with Crippen molar-refractivity contribution in [2.24, 2.45) is 5.41 Å². The van der Waals surface area contributed by atoms with E-state index in [1.165, 1.54) is 22.3 Å². The van der Waals surface area contributed by atoms with Gasteiger partial charge < -0.3 is 10.2 Å². The molecule has 0 unspecified atom stereocenters. The molecular weight excluding hydrogens is 422 g/mol. The quantitative estimate of drug-likeness (QED) is 0.536. The zero-order valence-electron chi connectivity index (χ0n) is 14.5. The van der Waals surface area contributed by atoms with Gasteiger partial charge in [-0.1, -0.05) is 49.2 Å². The summed E-state index contributed by atoms with van der Waals surface area (Å²) in [5, 5.41) is 20.1. The second-order valence-electron chi connectivity index (χ2n) is 6.69. The number of halogens is 2. The van der Waals surface area contributed by atoms with Crippen LogP contribution >= 0.6 is 23.2 Å². The molecule has 0 heterocycles. The normalized spacial score (nSPS) is 18.1. The molecule has 132 valence electrons. The fraction of sp³-hybridized carbons (Fsp3) is 0.579. The van der Waals surface area contributed by atoms with Gasteiger partial charge in [-0.05, 0) is 48.0 Å². The van der Waals surface area contributed by atoms with Crippen molar-refractivity contribution in [2.45, 2.75) is 52.4 Å². The van der Waals surface area contributed by atoms with Crippen molar-refractivity contribution in [1.82, 2.24) is 0 Å². The minimum atomic E-state index is -0.164. The molecule has 2 rings (SSSR count). The van der Waals surface area contributed by atoms with Gasteiger partial charge >= 0.3 is 0 Å². The molecule has 0 saturated carbocycles. The molecule has 0 aliphatic heterocycles. The Morgan fingerprint density at radius 1 is 0.875 bits per heavy atom. The molecule has 0 atom stereocenters. The molecule has 0 bridgehead atoms. The molecule has 0 aromatic rings. The Hall–Kier alpha value is 0.343. The van der Waals surface area contributed by atoms with Crippen LogP contribution in [0.4, 0.5) is 0 Å². The molecule has 2 aliphatic carbocycles. The Morgan fingerprint density at radius 3 is 1.58 bits per heavy atom. The van der Waals surface area contributed by atoms with E-state index in [4.69, 9.17) is 33.4 Å². The van der Waals surface area contributed by atoms with Gasteiger partial charge in [0.05, 0.1) is 0 Å². The van der Waals surface area contributed by atoms with Gasteiger partial charge in [-0.25, -0.2) is 0 Å². The standard InChI is InChI=1S/C19H26Cl2O2.Zr/c1-19(2,15-7-9-17(20)13(15)5-3-11-22)16-8-10-18(21)14(16)6-4-12-23;/h7-8,22-23H,3-6,9-12H2,1-2H3;. The number of hydrogen-bond donors (Lipinski definition) is 2. The van der Waals surface area contributed by atoms with Crippen LogP contribution in [-0.2, 0) is 26.2 Å². The van der Waals surface area contributed by atoms with Crippen LogP contribution in [0.15, 0.2) is 44.5 Å². The van der Waals surface area contributed by atoms with Crippen molar-refractivity contribution in [3.8, 4) is 0 Å². The third-order valence-electron chi connectivity index (χ3n) is 4.79. The van der Waals surface area contributed by atoms with Crippen molar-refractivity contribution in [3.63, 3.8) is 0 Å². The number of aliphatic hydroxyl groups is 2. The van der Waals surface area contributed by atoms with Crippen molar-refractivity contribution in [2.75, 3.05) is 13.2 Å². The molecule has 0 spiro atoms. The first-order valence-corrected chi connectivity index (χ1v) is 9.07. The van der Waals surface area contributed by atoms with Gasteiger partial charge in [0.25, 0.3) is 0 Å². The summed E-state index contributed by atoms with van der Waals surface area (Å²) in [6, 6.07) is 0. The minimum absolute atomic E-state index is 0. The predicted molar refractivity (Wildman–Crippen MR) is 97.6 cm³/mol. The van der Waals surface area contributed by atoms with Gasteiger partial charge in [-0.3, -0.25) is 0 Å². The van der Waals surface area contributed by atoms with E-state index in [1.54, 1.807) is 0 Å². The zero-order chi connectivity index (χ0) is 17.0. The SMILES string of the molecule is CC(C)(C1=CCC(Cl)=C1CCCO)C1=CCC(Cl)=C1CCCO.[Zr]. The maximum Gasteiger partial charge on any atom is 0.0434 e. The van der Waals surface area contributed by atoms with Crippen LogP contribution in [0.1, 0.15) is 52.4 Å². The van der Waals surface area contributed by atoms with Crippen LogP contribution in [-0.4, -0.2) is 23.4 Å². The summed E-state index contributed by atoms with van der Waals surface area (Å²) in [6.07, 6.45) is 9.05. The largest absolute Gasteiger partial charge is 0.396 e. The minimum Gasteiger partial charge on any atom is -0.396 e. The van der Waals surface area contributed by atoms with Crippen LogP contribution < -0.4 is 0 Å². The van der Waals surface area contributed by atoms with Crippen LogP contribution in [0, 0.1) is 5.41 Å². The first kappa shape index (κ1) is 22.4. The summed E-state index contributed by atoms with van der Waals surface area (Å²) in [6.45, 7) is 4.79. The van der Waals surface area contributed by atoms with Gasteiger partial charge in [0.15, 0.2) is 0 Å². The van der Waals surface area contributed by atoms with E-state index in [0.29, 0.717) is 0 Å². The van der Waals surface area contributed by atoms with Crippen molar-refractivity contribution in [3.05, 3.63) is 44.5 Å². The molecule has 2 nitrogen and oxygen atoms in total. The van der Waals surface area contributed by atoms with Crippen molar-refractivity contribution >= 4 is 23.2 Å². The second kappa shape index (κ2) is 9.88. The van der Waals surface area contributed by atoms with Crippen LogP contribution in [0.5, 0.6) is 0 Å². The molecule has 0 fully saturated rings. The van der Waals surface area contributed by atoms with Crippen LogP contribution in [0.3, 0.4) is 0 Å². The van der Waals surface area contributed by atoms with Crippen LogP contribution in [0.25, 0.3) is 0 Å². The number of rotatable bonds is 8. The summed E-state index contributed by atoms with van der Waals surface area (Å²) < 4.78 is 0. The third kappa shape index (κ3) is 4.74. The van der Waals surface area contributed by atoms with Gasteiger partial charge in [-0.2, -0.15) is 0 Å². The zero-order valence-corrected chi connectivity index (χ0v) is 18.4. The van der Waals surface area contributed by atoms with Gasteiger partial charge in [0, 0.05) is 67.7 Å². The number of hydrogen-bond acceptors (Lipinski definition) is 2. The predicted octanol–water partition coefficient (Wildman–Crippen LogP) is 5.20. The molecular formula is C19H26Cl2O2Zr. The average Bonchev–Trinajstić information content (AvgIpc) is 3.07. The fourth-order valence-electron chi connectivity index (χ4n) is 3.63. The molecule has 5 heteroatoms. The average molecular weight is 449 g/mol. The van der Waals surface area contributed by atoms with Crippen molar-refractivity contribution < 1.29 is 36.4 Å². The monoisotopic (exact) mass is 446 g/mol. The fourth-order valence-corrected chi connectivity index (χ4v) is 4.18. The molecule has 0 amide bonds. The number of aliphatic hydroxyl groups excluding tert-OH is 2. The summed E-state index contributed by atoms with van der Waals surface area (Å²) in [7, 11) is 0. The summed E-state index contributed by atoms with van der Waals surface area (Å²) in [4.78, 5) is 0. The Balaban J connectivity index is 0.00000288. The molecule has 0 saturated heterocycles. The van der Waals surface area contributed by atoms with Crippen molar-refractivity contribution in [1.29, 1.82) is 0 Å². The smallest absolute Gasteiger partial charge is 0.0434 e. The second-order valence-corrected chi connectivity index (χ2v) is 7.60. The van der Waals surface area contributed by atoms with E-state index in [-0.39, 0.29) is 44.8 Å². The van der Waals surface area contributed by atoms with E-state index in [2.05, 4.69) is 26.0 Å². The topological polar surface area (TPSA) is 40.5 Å². The van der Waals surface area contributed by atoms with Crippen LogP contribution in [0.2, 0.25) is 0 Å². The molecule has 0 radical (unpaired) electrons. The van der Waals surface area contributed by atoms with E-state index in [0.717, 1.165) is 48.6 Å². The Morgan fingerprint density at radius 2 is 1.25 bits per heavy atom. The third-order valence-corrected chi connectivity index (χ3v) is 5.56. The number of allylic oxidation sites excluding steroid dienone is 8. The molecule has 0 aromatic heterocycles. The van der Waals surface area contributed by atoms with Gasteiger partial charge in [-0.15, -0.1) is 0 Å².